The van der Waals surface area contributed by atoms with E-state index in [4.69, 9.17) is 16.3 Å². The molecule has 40 heavy (non-hydrogen) atoms. The van der Waals surface area contributed by atoms with Crippen LogP contribution >= 0.6 is 11.6 Å². The van der Waals surface area contributed by atoms with Crippen LogP contribution in [-0.2, 0) is 25.9 Å². The monoisotopic (exact) mass is 597 g/mol. The number of unbranched alkanes of at least 4 members (excludes halogenated alkanes) is 12. The number of amides is 1. The third-order valence-electron chi connectivity index (χ3n) is 7.76. The van der Waals surface area contributed by atoms with Gasteiger partial charge >= 0.3 is 0 Å². The highest BCUT2D eigenvalue weighted by Gasteiger charge is 2.28. The maximum absolute atomic E-state index is 12.9. The first kappa shape index (κ1) is 32.7. The summed E-state index contributed by atoms with van der Waals surface area (Å²) in [5.74, 6) is 1.02. The number of fused-ring (bicyclic) bond motifs is 1. The molecule has 0 spiro atoms. The van der Waals surface area contributed by atoms with Gasteiger partial charge in [0.05, 0.1) is 18.5 Å². The first-order valence-electron chi connectivity index (χ1n) is 15.2. The molecule has 0 atom stereocenters. The fraction of sp³-hybridized carbons (Fsp3) is 0.793. The van der Waals surface area contributed by atoms with Crippen molar-refractivity contribution in [3.63, 3.8) is 0 Å². The average Bonchev–Trinajstić information content (AvgIpc) is 3.24. The number of sulfone groups is 1. The Labute approximate surface area is 245 Å². The Morgan fingerprint density at radius 2 is 1.38 bits per heavy atom. The lowest BCUT2D eigenvalue weighted by atomic mass is 10.0. The number of halogens is 1. The first-order valence-corrected chi connectivity index (χ1v) is 17.1. The second kappa shape index (κ2) is 16.6. The third-order valence-corrected chi connectivity index (χ3v) is 9.99. The van der Waals surface area contributed by atoms with E-state index in [1.807, 2.05) is 16.4 Å². The highest BCUT2D eigenvalue weighted by Crippen LogP contribution is 2.26. The quantitative estimate of drug-likeness (QED) is 0.113. The molecule has 2 aromatic rings. The molecule has 0 N–H and O–H groups in total. The minimum absolute atomic E-state index is 0.0167. The van der Waals surface area contributed by atoms with Gasteiger partial charge in [-0.15, -0.1) is 0 Å². The van der Waals surface area contributed by atoms with Gasteiger partial charge in [-0.1, -0.05) is 70.6 Å². The number of hydrogen-bond acceptors (Lipinski definition) is 7. The van der Waals surface area contributed by atoms with Gasteiger partial charge in [0, 0.05) is 26.1 Å². The molecule has 0 saturated carbocycles. The van der Waals surface area contributed by atoms with Crippen molar-refractivity contribution in [2.75, 3.05) is 26.3 Å². The molecule has 1 saturated heterocycles. The number of aryl methyl sites for hydroxylation is 2. The molecule has 226 valence electrons. The summed E-state index contributed by atoms with van der Waals surface area (Å²) >= 11 is 6.02. The van der Waals surface area contributed by atoms with E-state index in [9.17, 15) is 13.2 Å². The second-order valence-corrected chi connectivity index (χ2v) is 14.0. The molecule has 11 heteroatoms. The number of carbonyl (C=O) groups excluding carboxylic acids is 1. The number of hydrogen-bond donors (Lipinski definition) is 0. The lowest BCUT2D eigenvalue weighted by Crippen LogP contribution is -2.40. The van der Waals surface area contributed by atoms with Crippen LogP contribution in [0.2, 0.25) is 5.28 Å². The Bertz CT molecular complexity index is 1180. The van der Waals surface area contributed by atoms with Crippen molar-refractivity contribution in [1.82, 2.24) is 24.4 Å². The summed E-state index contributed by atoms with van der Waals surface area (Å²) in [5.41, 5.74) is 0.813. The summed E-state index contributed by atoms with van der Waals surface area (Å²) < 4.78 is 33.1. The van der Waals surface area contributed by atoms with E-state index < -0.39 is 15.1 Å². The van der Waals surface area contributed by atoms with Gasteiger partial charge in [0.2, 0.25) is 11.2 Å². The van der Waals surface area contributed by atoms with Crippen molar-refractivity contribution in [3.8, 4) is 0 Å². The van der Waals surface area contributed by atoms with Crippen LogP contribution in [0.4, 0.5) is 0 Å². The average molecular weight is 598 g/mol. The lowest BCUT2D eigenvalue weighted by molar-refractivity contribution is -0.135. The Hall–Kier alpha value is -1.78. The summed E-state index contributed by atoms with van der Waals surface area (Å²) in [4.78, 5) is 26.8. The summed E-state index contributed by atoms with van der Waals surface area (Å²) in [6, 6.07) is 0. The van der Waals surface area contributed by atoms with E-state index in [2.05, 4.69) is 15.0 Å². The molecule has 1 aliphatic heterocycles. The maximum Gasteiger partial charge on any atom is 0.225 e. The summed E-state index contributed by atoms with van der Waals surface area (Å²) in [7, 11) is -3.61. The molecule has 0 radical (unpaired) electrons. The highest BCUT2D eigenvalue weighted by atomic mass is 35.5. The fourth-order valence-corrected chi connectivity index (χ4v) is 6.59. The normalized spacial score (nSPS) is 14.5. The SMILES string of the molecule is Cc1nc2nc(Cl)nc(S(=O)(=O)C(C)C)c2n1CCCCCCCCCCCCCCCC(=O)N1CCOCC1. The fourth-order valence-electron chi connectivity index (χ4n) is 5.24. The van der Waals surface area contributed by atoms with E-state index in [0.29, 0.717) is 43.3 Å². The summed E-state index contributed by atoms with van der Waals surface area (Å²) in [6.45, 7) is 8.70. The van der Waals surface area contributed by atoms with Crippen LogP contribution in [0.3, 0.4) is 0 Å². The number of nitrogens with zero attached hydrogens (tertiary/aromatic N) is 5. The minimum atomic E-state index is -3.61. The van der Waals surface area contributed by atoms with Gasteiger partial charge in [0.25, 0.3) is 0 Å². The maximum atomic E-state index is 12.9. The number of rotatable bonds is 18. The van der Waals surface area contributed by atoms with Crippen molar-refractivity contribution in [2.24, 2.45) is 0 Å². The molecule has 0 aliphatic carbocycles. The van der Waals surface area contributed by atoms with Crippen LogP contribution in [0.25, 0.3) is 11.2 Å². The van der Waals surface area contributed by atoms with Gasteiger partial charge in [-0.2, -0.15) is 4.98 Å². The smallest absolute Gasteiger partial charge is 0.225 e. The van der Waals surface area contributed by atoms with Crippen LogP contribution in [0.1, 0.15) is 110 Å². The molecule has 1 amide bonds. The largest absolute Gasteiger partial charge is 0.378 e. The summed E-state index contributed by atoms with van der Waals surface area (Å²) in [5, 5.41) is -0.714. The molecule has 3 rings (SSSR count). The van der Waals surface area contributed by atoms with Crippen LogP contribution in [0.5, 0.6) is 0 Å². The van der Waals surface area contributed by atoms with Crippen molar-refractivity contribution in [1.29, 1.82) is 0 Å². The number of carbonyl (C=O) groups is 1. The number of aromatic nitrogens is 4. The van der Waals surface area contributed by atoms with E-state index in [0.717, 1.165) is 44.6 Å². The zero-order valence-electron chi connectivity index (χ0n) is 24.7. The standard InChI is InChI=1S/C29H48ClN5O4S/c1-23(2)40(37,38)28-26-27(32-29(30)33-28)31-24(3)35(26)18-16-14-12-10-8-6-4-5-7-9-11-13-15-17-25(36)34-19-21-39-22-20-34/h23H,4-22H2,1-3H3. The van der Waals surface area contributed by atoms with Crippen molar-refractivity contribution in [3.05, 3.63) is 11.1 Å². The molecule has 0 aromatic carbocycles. The molecule has 1 fully saturated rings. The molecule has 9 nitrogen and oxygen atoms in total. The number of ether oxygens (including phenoxy) is 1. The zero-order valence-corrected chi connectivity index (χ0v) is 26.2. The lowest BCUT2D eigenvalue weighted by Gasteiger charge is -2.26. The van der Waals surface area contributed by atoms with Gasteiger partial charge in [-0.3, -0.25) is 4.79 Å². The number of imidazole rings is 1. The second-order valence-electron chi connectivity index (χ2n) is 11.2. The number of morpholine rings is 1. The van der Waals surface area contributed by atoms with Crippen molar-refractivity contribution < 1.29 is 17.9 Å². The Morgan fingerprint density at radius 3 is 1.93 bits per heavy atom. The molecule has 0 unspecified atom stereocenters. The van der Waals surface area contributed by atoms with E-state index in [1.165, 1.54) is 57.8 Å². The van der Waals surface area contributed by atoms with Crippen LogP contribution < -0.4 is 0 Å². The van der Waals surface area contributed by atoms with Gasteiger partial charge in [-0.25, -0.2) is 18.4 Å². The van der Waals surface area contributed by atoms with Gasteiger partial charge in [0.15, 0.2) is 20.5 Å². The molecule has 2 aromatic heterocycles. The zero-order chi connectivity index (χ0) is 29.0. The van der Waals surface area contributed by atoms with Crippen molar-refractivity contribution in [2.45, 2.75) is 127 Å². The first-order chi connectivity index (χ1) is 19.2. The van der Waals surface area contributed by atoms with Gasteiger partial charge < -0.3 is 14.2 Å². The van der Waals surface area contributed by atoms with E-state index in [-0.39, 0.29) is 10.3 Å². The van der Waals surface area contributed by atoms with Crippen LogP contribution in [0, 0.1) is 6.92 Å². The molecular weight excluding hydrogens is 550 g/mol. The highest BCUT2D eigenvalue weighted by molar-refractivity contribution is 7.92. The van der Waals surface area contributed by atoms with E-state index in [1.54, 1.807) is 13.8 Å². The molecule has 3 heterocycles. The van der Waals surface area contributed by atoms with Gasteiger partial charge in [-0.05, 0) is 45.2 Å². The third kappa shape index (κ3) is 9.65. The Kier molecular flexibility index (Phi) is 13.6. The minimum Gasteiger partial charge on any atom is -0.378 e. The van der Waals surface area contributed by atoms with Gasteiger partial charge in [0.1, 0.15) is 11.3 Å². The topological polar surface area (TPSA) is 107 Å². The van der Waals surface area contributed by atoms with Crippen LogP contribution in [0.15, 0.2) is 5.03 Å². The van der Waals surface area contributed by atoms with E-state index >= 15 is 0 Å². The predicted molar refractivity (Wildman–Crippen MR) is 159 cm³/mol. The molecular formula is C29H48ClN5O4S. The Balaban J connectivity index is 1.23. The molecule has 0 bridgehead atoms. The summed E-state index contributed by atoms with van der Waals surface area (Å²) in [6.07, 6.45) is 16.2. The Morgan fingerprint density at radius 1 is 0.850 bits per heavy atom. The predicted octanol–water partition coefficient (Wildman–Crippen LogP) is 6.29. The van der Waals surface area contributed by atoms with Crippen LogP contribution in [-0.4, -0.2) is 70.3 Å². The molecule has 1 aliphatic rings. The van der Waals surface area contributed by atoms with Crippen molar-refractivity contribution >= 4 is 38.5 Å².